The SMILES string of the molecule is O=C1NCC2(CC2)C(=O)N1c1ccccc1Cl. The van der Waals surface area contributed by atoms with Crippen LogP contribution in [0.25, 0.3) is 0 Å². The van der Waals surface area contributed by atoms with Crippen molar-refractivity contribution in [2.75, 3.05) is 11.4 Å². The molecule has 0 unspecified atom stereocenters. The number of benzene rings is 1. The molecular weight excluding hydrogens is 240 g/mol. The van der Waals surface area contributed by atoms with E-state index in [2.05, 4.69) is 5.32 Å². The lowest BCUT2D eigenvalue weighted by molar-refractivity contribution is -0.123. The number of rotatable bonds is 1. The summed E-state index contributed by atoms with van der Waals surface area (Å²) in [5.41, 5.74) is 0.0928. The van der Waals surface area contributed by atoms with Gasteiger partial charge in [0.1, 0.15) is 0 Å². The highest BCUT2D eigenvalue weighted by molar-refractivity contribution is 6.35. The van der Waals surface area contributed by atoms with Gasteiger partial charge in [-0.2, -0.15) is 0 Å². The summed E-state index contributed by atoms with van der Waals surface area (Å²) in [5.74, 6) is -0.130. The number of para-hydroxylation sites is 1. The van der Waals surface area contributed by atoms with Crippen LogP contribution >= 0.6 is 11.6 Å². The van der Waals surface area contributed by atoms with E-state index in [1.807, 2.05) is 0 Å². The van der Waals surface area contributed by atoms with Crippen LogP contribution in [0.15, 0.2) is 24.3 Å². The number of nitrogens with one attached hydrogen (secondary N) is 1. The maximum atomic E-state index is 12.3. The molecule has 0 radical (unpaired) electrons. The second kappa shape index (κ2) is 3.47. The number of hydrogen-bond acceptors (Lipinski definition) is 2. The normalized spacial score (nSPS) is 21.6. The molecule has 1 aliphatic carbocycles. The van der Waals surface area contributed by atoms with Crippen molar-refractivity contribution in [2.45, 2.75) is 12.8 Å². The van der Waals surface area contributed by atoms with Crippen molar-refractivity contribution in [2.24, 2.45) is 5.41 Å². The van der Waals surface area contributed by atoms with Gasteiger partial charge in [0.2, 0.25) is 5.91 Å². The molecule has 1 heterocycles. The minimum absolute atomic E-state index is 0.130. The lowest BCUT2D eigenvalue weighted by atomic mass is 10.0. The predicted octanol–water partition coefficient (Wildman–Crippen LogP) is 2.18. The second-order valence-corrected chi connectivity index (χ2v) is 4.94. The van der Waals surface area contributed by atoms with E-state index in [4.69, 9.17) is 11.6 Å². The Hall–Kier alpha value is -1.55. The highest BCUT2D eigenvalue weighted by Gasteiger charge is 2.56. The van der Waals surface area contributed by atoms with E-state index in [1.54, 1.807) is 24.3 Å². The molecule has 3 amide bonds. The molecule has 2 aliphatic rings. The number of urea groups is 1. The maximum absolute atomic E-state index is 12.3. The first kappa shape index (κ1) is 10.6. The smallest absolute Gasteiger partial charge is 0.328 e. The molecule has 1 spiro atoms. The first-order chi connectivity index (χ1) is 8.14. The molecule has 1 aromatic rings. The Labute approximate surface area is 104 Å². The van der Waals surface area contributed by atoms with Crippen LogP contribution in [0.3, 0.4) is 0 Å². The Bertz CT molecular complexity index is 511. The standard InChI is InChI=1S/C12H11ClN2O2/c13-8-3-1-2-4-9(8)15-10(16)12(5-6-12)7-14-11(15)17/h1-4H,5-7H2,(H,14,17). The third-order valence-corrected chi connectivity index (χ3v) is 3.70. The molecule has 17 heavy (non-hydrogen) atoms. The largest absolute Gasteiger partial charge is 0.336 e. The fourth-order valence-electron chi connectivity index (χ4n) is 2.12. The fraction of sp³-hybridized carbons (Fsp3) is 0.333. The molecule has 0 atom stereocenters. The number of hydrogen-bond donors (Lipinski definition) is 1. The Balaban J connectivity index is 2.03. The number of amides is 3. The molecule has 0 aromatic heterocycles. The molecule has 5 heteroatoms. The zero-order valence-corrected chi connectivity index (χ0v) is 9.83. The van der Waals surface area contributed by atoms with E-state index in [-0.39, 0.29) is 17.4 Å². The van der Waals surface area contributed by atoms with Crippen molar-refractivity contribution in [3.8, 4) is 0 Å². The molecule has 1 saturated carbocycles. The Kier molecular flexibility index (Phi) is 2.16. The number of carbonyl (C=O) groups is 2. The first-order valence-electron chi connectivity index (χ1n) is 5.51. The minimum atomic E-state index is -0.388. The second-order valence-electron chi connectivity index (χ2n) is 4.53. The van der Waals surface area contributed by atoms with Crippen molar-refractivity contribution in [3.05, 3.63) is 29.3 Å². The average Bonchev–Trinajstić information content (AvgIpc) is 3.09. The van der Waals surface area contributed by atoms with E-state index in [1.165, 1.54) is 4.90 Å². The van der Waals surface area contributed by atoms with Crippen LogP contribution < -0.4 is 10.2 Å². The fourth-order valence-corrected chi connectivity index (χ4v) is 2.34. The summed E-state index contributed by atoms with van der Waals surface area (Å²) >= 11 is 6.03. The maximum Gasteiger partial charge on any atom is 0.328 e. The number of anilines is 1. The van der Waals surface area contributed by atoms with E-state index in [0.29, 0.717) is 17.3 Å². The number of imide groups is 1. The number of nitrogens with zero attached hydrogens (tertiary/aromatic N) is 1. The van der Waals surface area contributed by atoms with Crippen LogP contribution in [0.4, 0.5) is 10.5 Å². The van der Waals surface area contributed by atoms with Gasteiger partial charge in [0.05, 0.1) is 16.1 Å². The van der Waals surface area contributed by atoms with Gasteiger partial charge in [-0.1, -0.05) is 23.7 Å². The molecule has 1 aliphatic heterocycles. The highest BCUT2D eigenvalue weighted by atomic mass is 35.5. The molecule has 1 N–H and O–H groups in total. The van der Waals surface area contributed by atoms with Gasteiger partial charge in [-0.25, -0.2) is 9.69 Å². The topological polar surface area (TPSA) is 49.4 Å². The molecule has 1 aromatic carbocycles. The van der Waals surface area contributed by atoms with Gasteiger partial charge in [0, 0.05) is 6.54 Å². The number of carbonyl (C=O) groups excluding carboxylic acids is 2. The van der Waals surface area contributed by atoms with Crippen LogP contribution in [-0.4, -0.2) is 18.5 Å². The van der Waals surface area contributed by atoms with Crippen LogP contribution in [0, 0.1) is 5.41 Å². The van der Waals surface area contributed by atoms with E-state index in [9.17, 15) is 9.59 Å². The van der Waals surface area contributed by atoms with Gasteiger partial charge in [-0.3, -0.25) is 4.79 Å². The third-order valence-electron chi connectivity index (χ3n) is 3.38. The molecular formula is C12H11ClN2O2. The van der Waals surface area contributed by atoms with Crippen LogP contribution in [0.5, 0.6) is 0 Å². The monoisotopic (exact) mass is 250 g/mol. The van der Waals surface area contributed by atoms with Gasteiger partial charge >= 0.3 is 6.03 Å². The van der Waals surface area contributed by atoms with Gasteiger partial charge in [0.25, 0.3) is 0 Å². The molecule has 1 saturated heterocycles. The summed E-state index contributed by atoms with van der Waals surface area (Å²) in [6.45, 7) is 0.450. The average molecular weight is 251 g/mol. The van der Waals surface area contributed by atoms with Gasteiger partial charge in [-0.15, -0.1) is 0 Å². The zero-order chi connectivity index (χ0) is 12.0. The number of halogens is 1. The van der Waals surface area contributed by atoms with Crippen LogP contribution in [-0.2, 0) is 4.79 Å². The molecule has 0 bridgehead atoms. The van der Waals surface area contributed by atoms with E-state index in [0.717, 1.165) is 12.8 Å². The Morgan fingerprint density at radius 1 is 1.24 bits per heavy atom. The molecule has 3 rings (SSSR count). The lowest BCUT2D eigenvalue weighted by Crippen LogP contribution is -2.56. The van der Waals surface area contributed by atoms with Crippen LogP contribution in [0.1, 0.15) is 12.8 Å². The lowest BCUT2D eigenvalue weighted by Gasteiger charge is -2.31. The van der Waals surface area contributed by atoms with Gasteiger partial charge < -0.3 is 5.32 Å². The Morgan fingerprint density at radius 3 is 2.59 bits per heavy atom. The van der Waals surface area contributed by atoms with Crippen molar-refractivity contribution >= 4 is 29.2 Å². The zero-order valence-electron chi connectivity index (χ0n) is 9.07. The van der Waals surface area contributed by atoms with Crippen molar-refractivity contribution in [3.63, 3.8) is 0 Å². The quantitative estimate of drug-likeness (QED) is 0.831. The summed E-state index contributed by atoms with van der Waals surface area (Å²) < 4.78 is 0. The minimum Gasteiger partial charge on any atom is -0.336 e. The third kappa shape index (κ3) is 1.52. The summed E-state index contributed by atoms with van der Waals surface area (Å²) in [6, 6.07) is 6.49. The first-order valence-corrected chi connectivity index (χ1v) is 5.89. The summed E-state index contributed by atoms with van der Waals surface area (Å²) in [4.78, 5) is 25.3. The molecule has 88 valence electrons. The Morgan fingerprint density at radius 2 is 1.94 bits per heavy atom. The van der Waals surface area contributed by atoms with Crippen molar-refractivity contribution < 1.29 is 9.59 Å². The van der Waals surface area contributed by atoms with E-state index >= 15 is 0 Å². The van der Waals surface area contributed by atoms with Crippen LogP contribution in [0.2, 0.25) is 5.02 Å². The van der Waals surface area contributed by atoms with Gasteiger partial charge in [-0.05, 0) is 25.0 Å². The molecule has 4 nitrogen and oxygen atoms in total. The van der Waals surface area contributed by atoms with E-state index < -0.39 is 0 Å². The predicted molar refractivity (Wildman–Crippen MR) is 64.0 cm³/mol. The van der Waals surface area contributed by atoms with Crippen molar-refractivity contribution in [1.29, 1.82) is 0 Å². The molecule has 2 fully saturated rings. The van der Waals surface area contributed by atoms with Gasteiger partial charge in [0.15, 0.2) is 0 Å². The van der Waals surface area contributed by atoms with Crippen molar-refractivity contribution in [1.82, 2.24) is 5.32 Å². The summed E-state index contributed by atoms with van der Waals surface area (Å²) in [6.07, 6.45) is 1.68. The summed E-state index contributed by atoms with van der Waals surface area (Å²) in [5, 5.41) is 3.16. The highest BCUT2D eigenvalue weighted by Crippen LogP contribution is 2.49. The summed E-state index contributed by atoms with van der Waals surface area (Å²) in [7, 11) is 0.